The molecule has 0 saturated heterocycles. The second-order valence-corrected chi connectivity index (χ2v) is 7.31. The van der Waals surface area contributed by atoms with E-state index in [0.717, 1.165) is 17.7 Å². The predicted molar refractivity (Wildman–Crippen MR) is 101 cm³/mol. The van der Waals surface area contributed by atoms with E-state index in [4.69, 9.17) is 4.99 Å². The molecular formula is C18H22N4O2S. The summed E-state index contributed by atoms with van der Waals surface area (Å²) in [6.07, 6.45) is 1.59. The van der Waals surface area contributed by atoms with Gasteiger partial charge >= 0.3 is 0 Å². The number of nitrogens with zero attached hydrogens (tertiary/aromatic N) is 3. The average Bonchev–Trinajstić information content (AvgIpc) is 2.89. The predicted octanol–water partition coefficient (Wildman–Crippen LogP) is 2.70. The van der Waals surface area contributed by atoms with E-state index in [2.05, 4.69) is 10.3 Å². The molecule has 3 rings (SSSR count). The van der Waals surface area contributed by atoms with Gasteiger partial charge in [-0.3, -0.25) is 14.5 Å². The number of carbonyl (C=O) groups excluding carboxylic acids is 2. The van der Waals surface area contributed by atoms with Crippen molar-refractivity contribution in [2.75, 3.05) is 5.75 Å². The summed E-state index contributed by atoms with van der Waals surface area (Å²) in [5, 5.41) is 3.54. The van der Waals surface area contributed by atoms with Crippen LogP contribution in [0.4, 0.5) is 5.69 Å². The van der Waals surface area contributed by atoms with E-state index >= 15 is 0 Å². The van der Waals surface area contributed by atoms with Crippen molar-refractivity contribution < 1.29 is 9.59 Å². The lowest BCUT2D eigenvalue weighted by Crippen LogP contribution is -2.44. The fourth-order valence-electron chi connectivity index (χ4n) is 2.94. The maximum Gasteiger partial charge on any atom is 0.270 e. The molecule has 0 saturated carbocycles. The van der Waals surface area contributed by atoms with Crippen molar-refractivity contribution in [1.82, 2.24) is 10.2 Å². The van der Waals surface area contributed by atoms with Crippen LogP contribution in [0.15, 0.2) is 34.3 Å². The Morgan fingerprint density at radius 3 is 2.80 bits per heavy atom. The minimum atomic E-state index is -0.326. The zero-order chi connectivity index (χ0) is 18.0. The lowest BCUT2D eigenvalue weighted by molar-refractivity contribution is -0.120. The summed E-state index contributed by atoms with van der Waals surface area (Å²) in [4.78, 5) is 35.3. The molecule has 1 atom stereocenters. The van der Waals surface area contributed by atoms with E-state index in [1.807, 2.05) is 49.9 Å². The summed E-state index contributed by atoms with van der Waals surface area (Å²) in [6, 6.07) is 7.43. The van der Waals surface area contributed by atoms with Crippen LogP contribution in [-0.2, 0) is 9.59 Å². The number of benzene rings is 1. The molecule has 2 heterocycles. The zero-order valence-corrected chi connectivity index (χ0v) is 15.5. The van der Waals surface area contributed by atoms with Gasteiger partial charge in [0.2, 0.25) is 5.91 Å². The molecule has 0 radical (unpaired) electrons. The fourth-order valence-corrected chi connectivity index (χ4v) is 3.80. The van der Waals surface area contributed by atoms with Gasteiger partial charge in [0.1, 0.15) is 11.9 Å². The highest BCUT2D eigenvalue weighted by Crippen LogP contribution is 2.35. The number of amidine groups is 2. The highest BCUT2D eigenvalue weighted by Gasteiger charge is 2.41. The summed E-state index contributed by atoms with van der Waals surface area (Å²) in [7, 11) is 0. The van der Waals surface area contributed by atoms with Crippen molar-refractivity contribution in [3.05, 3.63) is 29.8 Å². The first kappa shape index (κ1) is 17.7. The van der Waals surface area contributed by atoms with Crippen LogP contribution in [-0.4, -0.2) is 45.6 Å². The number of amides is 2. The van der Waals surface area contributed by atoms with Crippen molar-refractivity contribution in [2.24, 2.45) is 9.98 Å². The first-order valence-electron chi connectivity index (χ1n) is 8.53. The maximum atomic E-state index is 12.4. The summed E-state index contributed by atoms with van der Waals surface area (Å²) in [5.74, 6) is 0.739. The molecule has 2 aliphatic heterocycles. The van der Waals surface area contributed by atoms with Crippen molar-refractivity contribution >= 4 is 40.3 Å². The third-order valence-electron chi connectivity index (χ3n) is 3.95. The molecule has 0 spiro atoms. The monoisotopic (exact) mass is 358 g/mol. The van der Waals surface area contributed by atoms with E-state index in [1.165, 1.54) is 11.8 Å². The number of carbonyl (C=O) groups is 2. The molecule has 0 aromatic heterocycles. The van der Waals surface area contributed by atoms with E-state index in [-0.39, 0.29) is 29.7 Å². The van der Waals surface area contributed by atoms with Crippen molar-refractivity contribution in [1.29, 1.82) is 0 Å². The van der Waals surface area contributed by atoms with Crippen molar-refractivity contribution in [3.63, 3.8) is 0 Å². The van der Waals surface area contributed by atoms with Crippen LogP contribution in [0.25, 0.3) is 0 Å². The van der Waals surface area contributed by atoms with Crippen LogP contribution in [0.2, 0.25) is 0 Å². The smallest absolute Gasteiger partial charge is 0.270 e. The fraction of sp³-hybridized carbons (Fsp3) is 0.444. The van der Waals surface area contributed by atoms with E-state index in [1.54, 1.807) is 0 Å². The lowest BCUT2D eigenvalue weighted by atomic mass is 10.1. The van der Waals surface area contributed by atoms with Gasteiger partial charge in [0.05, 0.1) is 11.4 Å². The number of rotatable bonds is 5. The Morgan fingerprint density at radius 1 is 1.32 bits per heavy atom. The van der Waals surface area contributed by atoms with Crippen LogP contribution in [0.1, 0.15) is 39.2 Å². The van der Waals surface area contributed by atoms with Gasteiger partial charge in [0, 0.05) is 11.6 Å². The molecule has 6 nitrogen and oxygen atoms in total. The number of hydrogen-bond acceptors (Lipinski definition) is 5. The first-order chi connectivity index (χ1) is 12.0. The van der Waals surface area contributed by atoms with E-state index in [9.17, 15) is 9.59 Å². The summed E-state index contributed by atoms with van der Waals surface area (Å²) in [5.41, 5.74) is 1.65. The largest absolute Gasteiger partial charge is 0.353 e. The zero-order valence-electron chi connectivity index (χ0n) is 14.7. The topological polar surface area (TPSA) is 74.1 Å². The number of aliphatic imine (C=N–C) groups is 2. The summed E-state index contributed by atoms with van der Waals surface area (Å²) < 4.78 is 0. The normalized spacial score (nSPS) is 18.6. The van der Waals surface area contributed by atoms with Gasteiger partial charge < -0.3 is 5.32 Å². The second-order valence-electron chi connectivity index (χ2n) is 6.37. The molecule has 1 N–H and O–H groups in total. The molecule has 2 aliphatic rings. The molecule has 0 aliphatic carbocycles. The van der Waals surface area contributed by atoms with Gasteiger partial charge in [-0.2, -0.15) is 4.99 Å². The minimum Gasteiger partial charge on any atom is -0.353 e. The lowest BCUT2D eigenvalue weighted by Gasteiger charge is -2.30. The van der Waals surface area contributed by atoms with Crippen molar-refractivity contribution in [3.8, 4) is 0 Å². The molecule has 0 fully saturated rings. The molecule has 1 unspecified atom stereocenters. The van der Waals surface area contributed by atoms with E-state index in [0.29, 0.717) is 17.4 Å². The van der Waals surface area contributed by atoms with Gasteiger partial charge in [-0.15, -0.1) is 0 Å². The third-order valence-corrected chi connectivity index (χ3v) is 4.90. The molecule has 2 amide bonds. The highest BCUT2D eigenvalue weighted by atomic mass is 32.2. The first-order valence-corrected chi connectivity index (χ1v) is 9.51. The van der Waals surface area contributed by atoms with Crippen LogP contribution in [0.3, 0.4) is 0 Å². The Hall–Kier alpha value is -2.15. The maximum absolute atomic E-state index is 12.4. The number of hydrogen-bond donors (Lipinski definition) is 1. The Bertz CT molecular complexity index is 757. The molecule has 1 aromatic rings. The Balaban J connectivity index is 1.90. The van der Waals surface area contributed by atoms with Gasteiger partial charge in [-0.25, -0.2) is 4.99 Å². The molecule has 1 aromatic carbocycles. The van der Waals surface area contributed by atoms with Crippen LogP contribution in [0.5, 0.6) is 0 Å². The van der Waals surface area contributed by atoms with Crippen molar-refractivity contribution in [2.45, 2.75) is 45.7 Å². The molecule has 132 valence electrons. The number of nitrogens with one attached hydrogen (secondary N) is 1. The molecule has 25 heavy (non-hydrogen) atoms. The highest BCUT2D eigenvalue weighted by molar-refractivity contribution is 8.14. The van der Waals surface area contributed by atoms with Gasteiger partial charge in [0.25, 0.3) is 5.91 Å². The summed E-state index contributed by atoms with van der Waals surface area (Å²) >= 11 is 1.35. The molecule has 0 bridgehead atoms. The van der Waals surface area contributed by atoms with Crippen LogP contribution < -0.4 is 5.32 Å². The van der Waals surface area contributed by atoms with E-state index < -0.39 is 0 Å². The van der Waals surface area contributed by atoms with Gasteiger partial charge in [-0.05, 0) is 32.4 Å². The number of thioether (sulfide) groups is 1. The van der Waals surface area contributed by atoms with Crippen LogP contribution in [0, 0.1) is 0 Å². The summed E-state index contributed by atoms with van der Waals surface area (Å²) in [6.45, 7) is 5.90. The van der Waals surface area contributed by atoms with Gasteiger partial charge in [-0.1, -0.05) is 37.2 Å². The molecular weight excluding hydrogens is 336 g/mol. The Kier molecular flexibility index (Phi) is 5.22. The van der Waals surface area contributed by atoms with Crippen LogP contribution >= 0.6 is 11.8 Å². The third kappa shape index (κ3) is 3.61. The Labute approximate surface area is 151 Å². The minimum absolute atomic E-state index is 0.0439. The number of fused-ring (bicyclic) bond motifs is 3. The standard InChI is InChI=1S/C18H22N4O2S/c1-4-7-14-17(24)21-16-12-8-5-6-9-13(12)20-18(22(14)16)25-10-15(23)19-11(2)3/h5-6,8-9,11,14H,4,7,10H2,1-3H3,(H,19,23). The quantitative estimate of drug-likeness (QED) is 0.878. The SMILES string of the molecule is CCCC1C(=O)N=C2c3ccccc3N=C(SCC(=O)NC(C)C)N21. The average molecular weight is 358 g/mol. The number of para-hydroxylation sites is 1. The Morgan fingerprint density at radius 2 is 2.08 bits per heavy atom. The molecule has 7 heteroatoms. The second kappa shape index (κ2) is 7.39. The van der Waals surface area contributed by atoms with Gasteiger partial charge in [0.15, 0.2) is 5.17 Å².